The third-order valence-corrected chi connectivity index (χ3v) is 9.24. The van der Waals surface area contributed by atoms with Gasteiger partial charge < -0.3 is 29.7 Å². The molecule has 7 atom stereocenters. The molecule has 4 aliphatic rings. The minimum Gasteiger partial charge on any atom is -0.455 e. The summed E-state index contributed by atoms with van der Waals surface area (Å²) < 4.78 is 13.2. The molecule has 1 aromatic carbocycles. The fourth-order valence-electron chi connectivity index (χ4n) is 6.67. The Hall–Kier alpha value is -3.02. The molecule has 0 unspecified atom stereocenters. The Morgan fingerprint density at radius 1 is 1.07 bits per heavy atom. The molecule has 4 heterocycles. The number of halogens is 1. The quantitative estimate of drug-likeness (QED) is 0.383. The van der Waals surface area contributed by atoms with E-state index in [-0.39, 0.29) is 37.9 Å². The van der Waals surface area contributed by atoms with Crippen LogP contribution in [0.5, 0.6) is 0 Å². The van der Waals surface area contributed by atoms with Crippen LogP contribution >= 0.6 is 15.9 Å². The number of rotatable bonds is 3. The molecule has 42 heavy (non-hydrogen) atoms. The Balaban J connectivity index is 1.62. The van der Waals surface area contributed by atoms with Gasteiger partial charge in [0.15, 0.2) is 0 Å². The van der Waals surface area contributed by atoms with Crippen molar-refractivity contribution in [2.75, 3.05) is 19.7 Å². The number of hydrogen-bond acceptors (Lipinski definition) is 7. The van der Waals surface area contributed by atoms with Gasteiger partial charge in [-0.2, -0.15) is 0 Å². The molecule has 0 aromatic heterocycles. The molecule has 5 rings (SSSR count). The topological polar surface area (TPSA) is 125 Å². The van der Waals surface area contributed by atoms with Gasteiger partial charge in [0.05, 0.1) is 18.6 Å². The van der Waals surface area contributed by atoms with Crippen LogP contribution in [0.25, 0.3) is 0 Å². The average Bonchev–Trinajstić information content (AvgIpc) is 3.51. The summed E-state index contributed by atoms with van der Waals surface area (Å²) in [6.45, 7) is 7.29. The van der Waals surface area contributed by atoms with Gasteiger partial charge in [-0.25, -0.2) is 0 Å². The van der Waals surface area contributed by atoms with Crippen molar-refractivity contribution >= 4 is 39.6 Å². The second-order valence-corrected chi connectivity index (χ2v) is 13.3. The normalized spacial score (nSPS) is 34.7. The number of likely N-dealkylation sites (tertiary alicyclic amines) is 1. The number of hydrogen-bond donors (Lipinski definition) is 2. The van der Waals surface area contributed by atoms with Crippen LogP contribution in [0.15, 0.2) is 53.0 Å². The Morgan fingerprint density at radius 2 is 1.79 bits per heavy atom. The Morgan fingerprint density at radius 3 is 2.45 bits per heavy atom. The zero-order valence-corrected chi connectivity index (χ0v) is 25.9. The van der Waals surface area contributed by atoms with E-state index in [4.69, 9.17) is 9.47 Å². The Labute approximate surface area is 254 Å². The summed E-state index contributed by atoms with van der Waals surface area (Å²) in [6, 6.07) is 7.48. The molecule has 2 N–H and O–H groups in total. The molecule has 10 nitrogen and oxygen atoms in total. The van der Waals surface area contributed by atoms with Gasteiger partial charge in [0, 0.05) is 29.5 Å². The molecule has 4 aliphatic heterocycles. The number of benzene rings is 1. The highest BCUT2D eigenvalue weighted by Gasteiger charge is 2.75. The standard InChI is InChI=1S/C31H38BrN3O7/c1-18-24(19-11-7-5-8-12-19)41-29(40)22-23-27(38)34(15-16-36)26(31(23)17-20(32)25(22)42-31)28(39)35(30(2,3)4)14-10-6-9-13-21(37)33-18/h5-8,10-12,17-18,22-26,36H,9,13-16H2,1-4H3,(H,33,37)/b10-6-/t18-,22+,23-,24+,25+,26+,31-/m0/s1. The van der Waals surface area contributed by atoms with Gasteiger partial charge in [0.2, 0.25) is 17.7 Å². The van der Waals surface area contributed by atoms with Gasteiger partial charge in [-0.1, -0.05) is 58.4 Å². The van der Waals surface area contributed by atoms with Crippen LogP contribution < -0.4 is 5.32 Å². The number of ether oxygens (including phenoxy) is 2. The van der Waals surface area contributed by atoms with E-state index < -0.39 is 59.1 Å². The van der Waals surface area contributed by atoms with Gasteiger partial charge in [0.1, 0.15) is 29.8 Å². The van der Waals surface area contributed by atoms with Crippen LogP contribution in [0.1, 0.15) is 52.2 Å². The van der Waals surface area contributed by atoms with E-state index in [0.29, 0.717) is 16.5 Å². The Bertz CT molecular complexity index is 1310. The summed E-state index contributed by atoms with van der Waals surface area (Å²) in [7, 11) is 0. The van der Waals surface area contributed by atoms with Gasteiger partial charge >= 0.3 is 5.97 Å². The highest BCUT2D eigenvalue weighted by Crippen LogP contribution is 2.59. The third kappa shape index (κ3) is 5.20. The molecule has 226 valence electrons. The average molecular weight is 645 g/mol. The van der Waals surface area contributed by atoms with Gasteiger partial charge in [-0.05, 0) is 45.8 Å². The molecule has 0 aliphatic carbocycles. The maximum atomic E-state index is 14.4. The number of aliphatic hydroxyl groups is 1. The van der Waals surface area contributed by atoms with E-state index >= 15 is 0 Å². The van der Waals surface area contributed by atoms with Gasteiger partial charge in [-0.3, -0.25) is 19.2 Å². The van der Waals surface area contributed by atoms with Crippen molar-refractivity contribution in [1.82, 2.24) is 15.1 Å². The lowest BCUT2D eigenvalue weighted by atomic mass is 9.74. The number of β-amino-alcohol motifs (C(OH)–C–C–N with tert-alkyl or cyclic N) is 1. The SMILES string of the molecule is C[C@@H]1NC(=O)CC/C=C\CN(C(C)(C)C)C(=O)[C@H]2N(CCO)C(=O)[C@@H]3[C@@H](C(=O)O[C@H]1c1ccccc1)[C@@H]1O[C@@]32C=C1Br. The maximum absolute atomic E-state index is 14.4. The van der Waals surface area contributed by atoms with Crippen LogP contribution in [-0.4, -0.2) is 87.6 Å². The lowest BCUT2D eigenvalue weighted by Gasteiger charge is -2.41. The highest BCUT2D eigenvalue weighted by molar-refractivity contribution is 9.11. The van der Waals surface area contributed by atoms with Crippen molar-refractivity contribution < 1.29 is 33.8 Å². The van der Waals surface area contributed by atoms with E-state index in [9.17, 15) is 24.3 Å². The zero-order valence-electron chi connectivity index (χ0n) is 24.3. The zero-order chi connectivity index (χ0) is 30.4. The summed E-state index contributed by atoms with van der Waals surface area (Å²) in [5.74, 6) is -3.70. The lowest BCUT2D eigenvalue weighted by molar-refractivity contribution is -0.161. The predicted molar refractivity (Wildman–Crippen MR) is 157 cm³/mol. The first-order valence-electron chi connectivity index (χ1n) is 14.4. The monoisotopic (exact) mass is 643 g/mol. The molecular weight excluding hydrogens is 606 g/mol. The number of nitrogens with one attached hydrogen (secondary N) is 1. The molecule has 2 saturated heterocycles. The first-order chi connectivity index (χ1) is 19.9. The molecule has 1 aromatic rings. The first-order valence-corrected chi connectivity index (χ1v) is 15.2. The molecular formula is C31H38BrN3O7. The second-order valence-electron chi connectivity index (χ2n) is 12.3. The summed E-state index contributed by atoms with van der Waals surface area (Å²) in [4.78, 5) is 58.4. The van der Waals surface area contributed by atoms with Crippen molar-refractivity contribution in [3.63, 3.8) is 0 Å². The number of allylic oxidation sites excluding steroid dienone is 1. The van der Waals surface area contributed by atoms with E-state index in [1.165, 1.54) is 4.90 Å². The molecule has 5 bridgehead atoms. The lowest BCUT2D eigenvalue weighted by Crippen LogP contribution is -2.59. The first kappa shape index (κ1) is 30.4. The Kier molecular flexibility index (Phi) is 8.39. The van der Waals surface area contributed by atoms with Crippen molar-refractivity contribution in [3.8, 4) is 0 Å². The number of aliphatic hydroxyl groups excluding tert-OH is 1. The van der Waals surface area contributed by atoms with Crippen molar-refractivity contribution in [3.05, 3.63) is 58.6 Å². The van der Waals surface area contributed by atoms with Gasteiger partial charge in [-0.15, -0.1) is 0 Å². The summed E-state index contributed by atoms with van der Waals surface area (Å²) in [5, 5.41) is 12.9. The molecule has 2 fully saturated rings. The summed E-state index contributed by atoms with van der Waals surface area (Å²) >= 11 is 3.55. The number of fused-ring (bicyclic) bond motifs is 2. The molecule has 1 spiro atoms. The van der Waals surface area contributed by atoms with E-state index in [1.807, 2.05) is 63.3 Å². The molecule has 11 heteroatoms. The van der Waals surface area contributed by atoms with Crippen LogP contribution in [0, 0.1) is 11.8 Å². The van der Waals surface area contributed by atoms with Gasteiger partial charge in [0.25, 0.3) is 0 Å². The van der Waals surface area contributed by atoms with Crippen LogP contribution in [0.2, 0.25) is 0 Å². The molecule has 3 amide bonds. The molecule has 0 radical (unpaired) electrons. The number of esters is 1. The number of cyclic esters (lactones) is 1. The smallest absolute Gasteiger partial charge is 0.313 e. The van der Waals surface area contributed by atoms with Crippen LogP contribution in [-0.2, 0) is 28.7 Å². The predicted octanol–water partition coefficient (Wildman–Crippen LogP) is 2.62. The fourth-order valence-corrected chi connectivity index (χ4v) is 7.41. The van der Waals surface area contributed by atoms with Crippen LogP contribution in [0.3, 0.4) is 0 Å². The number of carbonyl (C=O) groups is 4. The van der Waals surface area contributed by atoms with Crippen molar-refractivity contribution in [1.29, 1.82) is 0 Å². The molecule has 0 saturated carbocycles. The maximum Gasteiger partial charge on any atom is 0.313 e. The minimum absolute atomic E-state index is 0.0850. The van der Waals surface area contributed by atoms with Crippen molar-refractivity contribution in [2.24, 2.45) is 11.8 Å². The number of amides is 3. The largest absolute Gasteiger partial charge is 0.455 e. The van der Waals surface area contributed by atoms with Crippen molar-refractivity contribution in [2.45, 2.75) is 76.0 Å². The summed E-state index contributed by atoms with van der Waals surface area (Å²) in [6.07, 6.45) is 4.48. The number of carbonyl (C=O) groups excluding carboxylic acids is 4. The second kappa shape index (κ2) is 11.6. The highest BCUT2D eigenvalue weighted by atomic mass is 79.9. The summed E-state index contributed by atoms with van der Waals surface area (Å²) in [5.41, 5.74) is -1.35. The van der Waals surface area contributed by atoms with E-state index in [2.05, 4.69) is 21.2 Å². The minimum atomic E-state index is -1.42. The fraction of sp³-hybridized carbons (Fsp3) is 0.548. The van der Waals surface area contributed by atoms with Crippen LogP contribution in [0.4, 0.5) is 0 Å². The van der Waals surface area contributed by atoms with E-state index in [1.54, 1.807) is 17.9 Å². The van der Waals surface area contributed by atoms with E-state index in [0.717, 1.165) is 0 Å². The third-order valence-electron chi connectivity index (χ3n) is 8.56. The number of nitrogens with zero attached hydrogens (tertiary/aromatic N) is 2.